The lowest BCUT2D eigenvalue weighted by Crippen LogP contribution is -2.33. The van der Waals surface area contributed by atoms with Crippen LogP contribution in [0.15, 0.2) is 42.6 Å². The maximum atomic E-state index is 12.6. The molecule has 0 radical (unpaired) electrons. The third-order valence-corrected chi connectivity index (χ3v) is 6.81. The maximum Gasteiger partial charge on any atom is 0.339 e. The monoisotopic (exact) mass is 453 g/mol. The van der Waals surface area contributed by atoms with Crippen molar-refractivity contribution in [1.29, 1.82) is 0 Å². The first-order valence-corrected chi connectivity index (χ1v) is 12.1. The number of thiophene rings is 1. The Labute approximate surface area is 193 Å². The van der Waals surface area contributed by atoms with Gasteiger partial charge in [-0.3, -0.25) is 4.98 Å². The molecular formula is C25H31N3O3S. The lowest BCUT2D eigenvalue weighted by molar-refractivity contribution is 0.0380. The van der Waals surface area contributed by atoms with E-state index >= 15 is 0 Å². The molecule has 1 aliphatic rings. The van der Waals surface area contributed by atoms with E-state index in [2.05, 4.69) is 9.88 Å². The molecule has 0 spiro atoms. The molecule has 0 aliphatic carbocycles. The Hall–Kier alpha value is -2.48. The standard InChI is InChI=1S/C25H31N3O3S/c1-17(2)31-25(29)20-9-10-27-21-16-22(32-24(20)21)23(18-7-6-8-19(26)15-18)30-14-13-28-11-4-3-5-12-28/h6-10,15-17,23H,3-5,11-14,26H2,1-2H3. The van der Waals surface area contributed by atoms with Crippen molar-refractivity contribution in [3.05, 3.63) is 58.6 Å². The number of anilines is 1. The molecule has 1 aromatic carbocycles. The SMILES string of the molecule is CC(C)OC(=O)c1ccnc2cc(C(OCCN3CCCCC3)c3cccc(N)c3)sc12. The molecule has 3 heterocycles. The summed E-state index contributed by atoms with van der Waals surface area (Å²) in [6.45, 7) is 7.52. The van der Waals surface area contributed by atoms with Gasteiger partial charge in [-0.25, -0.2) is 4.79 Å². The van der Waals surface area contributed by atoms with E-state index < -0.39 is 0 Å². The fraction of sp³-hybridized carbons (Fsp3) is 0.440. The summed E-state index contributed by atoms with van der Waals surface area (Å²) >= 11 is 1.53. The molecule has 1 saturated heterocycles. The van der Waals surface area contributed by atoms with E-state index in [1.165, 1.54) is 30.6 Å². The molecule has 7 heteroatoms. The van der Waals surface area contributed by atoms with Crippen LogP contribution in [-0.4, -0.2) is 48.2 Å². The number of pyridine rings is 1. The van der Waals surface area contributed by atoms with Gasteiger partial charge in [0.1, 0.15) is 6.10 Å². The van der Waals surface area contributed by atoms with Gasteiger partial charge in [-0.05, 0) is 69.6 Å². The number of aromatic nitrogens is 1. The molecule has 1 atom stereocenters. The number of carbonyl (C=O) groups excluding carboxylic acids is 1. The third kappa shape index (κ3) is 5.46. The van der Waals surface area contributed by atoms with E-state index in [1.54, 1.807) is 12.3 Å². The van der Waals surface area contributed by atoms with Crippen molar-refractivity contribution in [3.63, 3.8) is 0 Å². The summed E-state index contributed by atoms with van der Waals surface area (Å²) in [4.78, 5) is 20.6. The maximum absolute atomic E-state index is 12.6. The normalized spacial score (nSPS) is 15.8. The summed E-state index contributed by atoms with van der Waals surface area (Å²) in [5.74, 6) is -0.327. The van der Waals surface area contributed by atoms with E-state index in [4.69, 9.17) is 15.2 Å². The molecule has 2 N–H and O–H groups in total. The second kappa shape index (κ2) is 10.4. The smallest absolute Gasteiger partial charge is 0.339 e. The molecule has 0 bridgehead atoms. The number of esters is 1. The van der Waals surface area contributed by atoms with Crippen molar-refractivity contribution in [2.45, 2.75) is 45.3 Å². The van der Waals surface area contributed by atoms with Crippen LogP contribution in [0.25, 0.3) is 10.2 Å². The van der Waals surface area contributed by atoms with Gasteiger partial charge in [0.05, 0.1) is 28.5 Å². The third-order valence-electron chi connectivity index (χ3n) is 5.61. The summed E-state index contributed by atoms with van der Waals surface area (Å²) < 4.78 is 12.7. The van der Waals surface area contributed by atoms with Crippen molar-refractivity contribution < 1.29 is 14.3 Å². The summed E-state index contributed by atoms with van der Waals surface area (Å²) in [5, 5.41) is 0. The van der Waals surface area contributed by atoms with Crippen LogP contribution in [0.4, 0.5) is 5.69 Å². The molecular weight excluding hydrogens is 422 g/mol. The van der Waals surface area contributed by atoms with Gasteiger partial charge in [0, 0.05) is 23.3 Å². The van der Waals surface area contributed by atoms with E-state index in [9.17, 15) is 4.79 Å². The van der Waals surface area contributed by atoms with Gasteiger partial charge in [0.25, 0.3) is 0 Å². The minimum Gasteiger partial charge on any atom is -0.459 e. The topological polar surface area (TPSA) is 77.7 Å². The Kier molecular flexibility index (Phi) is 7.40. The highest BCUT2D eigenvalue weighted by Crippen LogP contribution is 2.37. The summed E-state index contributed by atoms with van der Waals surface area (Å²) in [6.07, 6.45) is 5.05. The molecule has 1 unspecified atom stereocenters. The van der Waals surface area contributed by atoms with Gasteiger partial charge in [0.2, 0.25) is 0 Å². The largest absolute Gasteiger partial charge is 0.459 e. The Bertz CT molecular complexity index is 1060. The molecule has 1 fully saturated rings. The minimum atomic E-state index is -0.327. The zero-order valence-corrected chi connectivity index (χ0v) is 19.6. The number of nitrogen functional groups attached to an aromatic ring is 1. The number of piperidine rings is 1. The van der Waals surface area contributed by atoms with E-state index in [0.717, 1.165) is 40.3 Å². The number of ether oxygens (including phenoxy) is 2. The molecule has 170 valence electrons. The van der Waals surface area contributed by atoms with E-state index in [1.807, 2.05) is 44.2 Å². The molecule has 6 nitrogen and oxygen atoms in total. The van der Waals surface area contributed by atoms with Crippen LogP contribution < -0.4 is 5.73 Å². The predicted octanol–water partition coefficient (Wildman–Crippen LogP) is 5.04. The van der Waals surface area contributed by atoms with Crippen LogP contribution in [-0.2, 0) is 9.47 Å². The number of benzene rings is 1. The second-order valence-electron chi connectivity index (χ2n) is 8.50. The van der Waals surface area contributed by atoms with E-state index in [0.29, 0.717) is 17.9 Å². The number of hydrogen-bond donors (Lipinski definition) is 1. The highest BCUT2D eigenvalue weighted by Gasteiger charge is 2.22. The van der Waals surface area contributed by atoms with Gasteiger partial charge in [-0.15, -0.1) is 11.3 Å². The van der Waals surface area contributed by atoms with Crippen molar-refractivity contribution in [2.75, 3.05) is 32.0 Å². The first-order valence-electron chi connectivity index (χ1n) is 11.3. The van der Waals surface area contributed by atoms with Gasteiger partial charge in [-0.2, -0.15) is 0 Å². The van der Waals surface area contributed by atoms with Crippen LogP contribution >= 0.6 is 11.3 Å². The zero-order chi connectivity index (χ0) is 22.5. The molecule has 0 saturated carbocycles. The molecule has 2 aromatic heterocycles. The van der Waals surface area contributed by atoms with Gasteiger partial charge in [-0.1, -0.05) is 18.6 Å². The molecule has 4 rings (SSSR count). The number of rotatable bonds is 8. The average molecular weight is 454 g/mol. The van der Waals surface area contributed by atoms with Crippen LogP contribution in [0, 0.1) is 0 Å². The summed E-state index contributed by atoms with van der Waals surface area (Å²) in [7, 11) is 0. The van der Waals surface area contributed by atoms with Crippen molar-refractivity contribution in [3.8, 4) is 0 Å². The Morgan fingerprint density at radius 1 is 1.19 bits per heavy atom. The number of hydrogen-bond acceptors (Lipinski definition) is 7. The summed E-state index contributed by atoms with van der Waals surface area (Å²) in [6, 6.07) is 11.6. The zero-order valence-electron chi connectivity index (χ0n) is 18.8. The number of carbonyl (C=O) groups is 1. The lowest BCUT2D eigenvalue weighted by atomic mass is 10.1. The van der Waals surface area contributed by atoms with E-state index in [-0.39, 0.29) is 18.2 Å². The first kappa shape index (κ1) is 22.7. The molecule has 1 aliphatic heterocycles. The van der Waals surface area contributed by atoms with Gasteiger partial charge < -0.3 is 20.1 Å². The Balaban J connectivity index is 1.62. The van der Waals surface area contributed by atoms with Crippen molar-refractivity contribution in [1.82, 2.24) is 9.88 Å². The number of fused-ring (bicyclic) bond motifs is 1. The van der Waals surface area contributed by atoms with Crippen molar-refractivity contribution in [2.24, 2.45) is 0 Å². The quantitative estimate of drug-likeness (QED) is 0.380. The fourth-order valence-electron chi connectivity index (χ4n) is 4.07. The van der Waals surface area contributed by atoms with Crippen LogP contribution in [0.2, 0.25) is 0 Å². The first-order chi connectivity index (χ1) is 15.5. The molecule has 0 amide bonds. The van der Waals surface area contributed by atoms with Gasteiger partial charge in [0.15, 0.2) is 0 Å². The number of nitrogens with two attached hydrogens (primary N) is 1. The molecule has 32 heavy (non-hydrogen) atoms. The molecule has 3 aromatic rings. The van der Waals surface area contributed by atoms with Crippen LogP contribution in [0.5, 0.6) is 0 Å². The average Bonchev–Trinajstić information content (AvgIpc) is 3.21. The van der Waals surface area contributed by atoms with Crippen LogP contribution in [0.3, 0.4) is 0 Å². The number of likely N-dealkylation sites (tertiary alicyclic amines) is 1. The lowest BCUT2D eigenvalue weighted by Gasteiger charge is -2.27. The summed E-state index contributed by atoms with van der Waals surface area (Å²) in [5.41, 5.74) is 9.09. The highest BCUT2D eigenvalue weighted by molar-refractivity contribution is 7.19. The second-order valence-corrected chi connectivity index (χ2v) is 9.58. The van der Waals surface area contributed by atoms with Crippen molar-refractivity contribution >= 4 is 33.2 Å². The fourth-order valence-corrected chi connectivity index (χ4v) is 5.27. The number of nitrogens with zero attached hydrogens (tertiary/aromatic N) is 2. The highest BCUT2D eigenvalue weighted by atomic mass is 32.1. The minimum absolute atomic E-state index is 0.177. The Morgan fingerprint density at radius 3 is 2.75 bits per heavy atom. The predicted molar refractivity (Wildman–Crippen MR) is 129 cm³/mol. The Morgan fingerprint density at radius 2 is 2.00 bits per heavy atom. The van der Waals surface area contributed by atoms with Gasteiger partial charge >= 0.3 is 5.97 Å². The van der Waals surface area contributed by atoms with Crippen LogP contribution in [0.1, 0.15) is 60.0 Å².